The SMILES string of the molecule is Cc1cc(C)c(-c2cnc(CS)[nH]2)c(C)c1. The van der Waals surface area contributed by atoms with Crippen molar-refractivity contribution in [2.45, 2.75) is 26.5 Å². The van der Waals surface area contributed by atoms with Crippen molar-refractivity contribution in [2.24, 2.45) is 0 Å². The lowest BCUT2D eigenvalue weighted by Crippen LogP contribution is -1.90. The molecule has 0 unspecified atom stereocenters. The van der Waals surface area contributed by atoms with Crippen LogP contribution in [-0.2, 0) is 5.75 Å². The van der Waals surface area contributed by atoms with Crippen molar-refractivity contribution in [3.05, 3.63) is 40.8 Å². The van der Waals surface area contributed by atoms with E-state index >= 15 is 0 Å². The van der Waals surface area contributed by atoms with E-state index in [0.29, 0.717) is 5.75 Å². The van der Waals surface area contributed by atoms with Crippen LogP contribution in [0.25, 0.3) is 11.3 Å². The third-order valence-electron chi connectivity index (χ3n) is 2.72. The normalized spacial score (nSPS) is 10.8. The molecule has 2 rings (SSSR count). The molecule has 0 amide bonds. The smallest absolute Gasteiger partial charge is 0.116 e. The molecule has 0 bridgehead atoms. The summed E-state index contributed by atoms with van der Waals surface area (Å²) >= 11 is 4.21. The topological polar surface area (TPSA) is 28.7 Å². The second-order valence-corrected chi connectivity index (χ2v) is 4.49. The summed E-state index contributed by atoms with van der Waals surface area (Å²) in [5, 5.41) is 0. The van der Waals surface area contributed by atoms with E-state index < -0.39 is 0 Å². The average Bonchev–Trinajstić information content (AvgIpc) is 2.64. The van der Waals surface area contributed by atoms with Gasteiger partial charge in [0.25, 0.3) is 0 Å². The Labute approximate surface area is 102 Å². The second kappa shape index (κ2) is 4.34. The molecule has 2 aromatic rings. The molecule has 0 saturated carbocycles. The standard InChI is InChI=1S/C13H16N2S/c1-8-4-9(2)13(10(3)5-8)11-6-14-12(7-16)15-11/h4-6,16H,7H2,1-3H3,(H,14,15). The number of H-pyrrole nitrogens is 1. The zero-order valence-corrected chi connectivity index (χ0v) is 10.7. The van der Waals surface area contributed by atoms with Crippen LogP contribution >= 0.6 is 12.6 Å². The molecule has 0 spiro atoms. The van der Waals surface area contributed by atoms with Crippen molar-refractivity contribution >= 4 is 12.6 Å². The molecule has 0 atom stereocenters. The predicted molar refractivity (Wildman–Crippen MR) is 70.9 cm³/mol. The molecule has 1 N–H and O–H groups in total. The fraction of sp³-hybridized carbons (Fsp3) is 0.308. The number of hydrogen-bond donors (Lipinski definition) is 2. The third kappa shape index (κ3) is 2.00. The fourth-order valence-electron chi connectivity index (χ4n) is 2.17. The maximum absolute atomic E-state index is 4.28. The number of nitrogens with zero attached hydrogens (tertiary/aromatic N) is 1. The molecule has 0 fully saturated rings. The third-order valence-corrected chi connectivity index (χ3v) is 3.02. The molecule has 3 heteroatoms. The number of benzene rings is 1. The lowest BCUT2D eigenvalue weighted by molar-refractivity contribution is 1.13. The average molecular weight is 232 g/mol. The predicted octanol–water partition coefficient (Wildman–Crippen LogP) is 3.43. The van der Waals surface area contributed by atoms with Crippen LogP contribution in [-0.4, -0.2) is 9.97 Å². The van der Waals surface area contributed by atoms with Crippen molar-refractivity contribution in [1.82, 2.24) is 9.97 Å². The number of nitrogens with one attached hydrogen (secondary N) is 1. The first kappa shape index (κ1) is 11.3. The van der Waals surface area contributed by atoms with Crippen molar-refractivity contribution in [2.75, 3.05) is 0 Å². The summed E-state index contributed by atoms with van der Waals surface area (Å²) < 4.78 is 0. The summed E-state index contributed by atoms with van der Waals surface area (Å²) in [6.45, 7) is 6.39. The highest BCUT2D eigenvalue weighted by Crippen LogP contribution is 2.26. The molecule has 0 aliphatic carbocycles. The van der Waals surface area contributed by atoms with Crippen molar-refractivity contribution in [3.8, 4) is 11.3 Å². The first-order valence-electron chi connectivity index (χ1n) is 5.34. The largest absolute Gasteiger partial charge is 0.341 e. The lowest BCUT2D eigenvalue weighted by Gasteiger charge is -2.09. The number of hydrogen-bond acceptors (Lipinski definition) is 2. The zero-order valence-electron chi connectivity index (χ0n) is 9.83. The van der Waals surface area contributed by atoms with Gasteiger partial charge in [-0.1, -0.05) is 17.7 Å². The van der Waals surface area contributed by atoms with E-state index in [-0.39, 0.29) is 0 Å². The molecule has 1 aromatic heterocycles. The first-order chi connectivity index (χ1) is 7.61. The molecule has 0 aliphatic rings. The second-order valence-electron chi connectivity index (χ2n) is 4.18. The Kier molecular flexibility index (Phi) is 3.06. The molecular weight excluding hydrogens is 216 g/mol. The fourth-order valence-corrected chi connectivity index (χ4v) is 2.34. The van der Waals surface area contributed by atoms with Gasteiger partial charge in [-0.05, 0) is 31.9 Å². The quantitative estimate of drug-likeness (QED) is 0.763. The molecule has 0 aliphatic heterocycles. The Morgan fingerprint density at radius 3 is 2.31 bits per heavy atom. The van der Waals surface area contributed by atoms with Gasteiger partial charge in [-0.15, -0.1) is 0 Å². The van der Waals surface area contributed by atoms with Gasteiger partial charge >= 0.3 is 0 Å². The van der Waals surface area contributed by atoms with E-state index in [2.05, 4.69) is 55.5 Å². The van der Waals surface area contributed by atoms with Gasteiger partial charge in [-0.2, -0.15) is 12.6 Å². The van der Waals surface area contributed by atoms with E-state index in [9.17, 15) is 0 Å². The number of aromatic amines is 1. The lowest BCUT2D eigenvalue weighted by atomic mass is 9.98. The number of rotatable bonds is 2. The van der Waals surface area contributed by atoms with Gasteiger partial charge in [-0.3, -0.25) is 0 Å². The van der Waals surface area contributed by atoms with E-state index in [1.165, 1.54) is 22.3 Å². The van der Waals surface area contributed by atoms with E-state index in [1.807, 2.05) is 6.20 Å². The van der Waals surface area contributed by atoms with Gasteiger partial charge in [0.2, 0.25) is 0 Å². The molecular formula is C13H16N2S. The van der Waals surface area contributed by atoms with Crippen LogP contribution in [0.5, 0.6) is 0 Å². The molecule has 16 heavy (non-hydrogen) atoms. The highest BCUT2D eigenvalue weighted by molar-refractivity contribution is 7.79. The van der Waals surface area contributed by atoms with Crippen LogP contribution in [0.15, 0.2) is 18.3 Å². The Morgan fingerprint density at radius 2 is 1.81 bits per heavy atom. The van der Waals surface area contributed by atoms with Gasteiger partial charge in [0.15, 0.2) is 0 Å². The van der Waals surface area contributed by atoms with Crippen LogP contribution in [0, 0.1) is 20.8 Å². The molecule has 1 heterocycles. The van der Waals surface area contributed by atoms with Crippen LogP contribution < -0.4 is 0 Å². The number of thiol groups is 1. The van der Waals surface area contributed by atoms with Crippen molar-refractivity contribution in [1.29, 1.82) is 0 Å². The molecule has 84 valence electrons. The van der Waals surface area contributed by atoms with Gasteiger partial charge in [-0.25, -0.2) is 4.98 Å². The molecule has 1 aromatic carbocycles. The molecule has 2 nitrogen and oxygen atoms in total. The van der Waals surface area contributed by atoms with Gasteiger partial charge in [0.1, 0.15) is 5.82 Å². The van der Waals surface area contributed by atoms with Crippen LogP contribution in [0.4, 0.5) is 0 Å². The van der Waals surface area contributed by atoms with Gasteiger partial charge in [0.05, 0.1) is 11.9 Å². The molecule has 0 radical (unpaired) electrons. The highest BCUT2D eigenvalue weighted by Gasteiger charge is 2.08. The summed E-state index contributed by atoms with van der Waals surface area (Å²) in [6, 6.07) is 4.40. The van der Waals surface area contributed by atoms with E-state index in [1.54, 1.807) is 0 Å². The van der Waals surface area contributed by atoms with Crippen molar-refractivity contribution in [3.63, 3.8) is 0 Å². The van der Waals surface area contributed by atoms with Gasteiger partial charge in [0, 0.05) is 11.3 Å². The number of aromatic nitrogens is 2. The van der Waals surface area contributed by atoms with E-state index in [0.717, 1.165) is 11.5 Å². The van der Waals surface area contributed by atoms with Crippen LogP contribution in [0.3, 0.4) is 0 Å². The summed E-state index contributed by atoms with van der Waals surface area (Å²) in [7, 11) is 0. The Morgan fingerprint density at radius 1 is 1.19 bits per heavy atom. The van der Waals surface area contributed by atoms with Crippen LogP contribution in [0.2, 0.25) is 0 Å². The van der Waals surface area contributed by atoms with Gasteiger partial charge < -0.3 is 4.98 Å². The number of aryl methyl sites for hydroxylation is 3. The summed E-state index contributed by atoms with van der Waals surface area (Å²) in [5.74, 6) is 1.56. The molecule has 0 saturated heterocycles. The summed E-state index contributed by atoms with van der Waals surface area (Å²) in [5.41, 5.74) is 6.21. The van der Waals surface area contributed by atoms with E-state index in [4.69, 9.17) is 0 Å². The monoisotopic (exact) mass is 232 g/mol. The Bertz CT molecular complexity index is 491. The summed E-state index contributed by atoms with van der Waals surface area (Å²) in [6.07, 6.45) is 1.89. The maximum Gasteiger partial charge on any atom is 0.116 e. The highest BCUT2D eigenvalue weighted by atomic mass is 32.1. The Hall–Kier alpha value is -1.22. The summed E-state index contributed by atoms with van der Waals surface area (Å²) in [4.78, 5) is 7.58. The maximum atomic E-state index is 4.28. The minimum absolute atomic E-state index is 0.643. The van der Waals surface area contributed by atoms with Crippen LogP contribution in [0.1, 0.15) is 22.5 Å². The number of imidazole rings is 1. The minimum atomic E-state index is 0.643. The zero-order chi connectivity index (χ0) is 11.7. The Balaban J connectivity index is 2.55. The minimum Gasteiger partial charge on any atom is -0.341 e. The van der Waals surface area contributed by atoms with Crippen molar-refractivity contribution < 1.29 is 0 Å². The first-order valence-corrected chi connectivity index (χ1v) is 5.98.